The largest absolute Gasteiger partial charge is 0.493 e. The Hall–Kier alpha value is -3.02. The highest BCUT2D eigenvalue weighted by atomic mass is 35.5. The van der Waals surface area contributed by atoms with Crippen LogP contribution in [0.25, 0.3) is 0 Å². The Kier molecular flexibility index (Phi) is 8.33. The number of nitrogens with one attached hydrogen (secondary N) is 2. The standard InChI is InChI=1S/C25H27ClN2O3/c1-18-8-10-21(11-9-18)28-25(29)17-31-24-15-22(26)20(14-23(24)30-2)16-27-13-12-19-6-4-3-5-7-19/h3-11,14-15,27H,12-13,16-17H2,1-2H3,(H,28,29). The molecule has 6 heteroatoms. The predicted molar refractivity (Wildman–Crippen MR) is 125 cm³/mol. The van der Waals surface area contributed by atoms with E-state index in [2.05, 4.69) is 22.8 Å². The summed E-state index contributed by atoms with van der Waals surface area (Å²) in [5.41, 5.74) is 4.04. The highest BCUT2D eigenvalue weighted by Crippen LogP contribution is 2.33. The van der Waals surface area contributed by atoms with Crippen LogP contribution in [-0.2, 0) is 17.8 Å². The van der Waals surface area contributed by atoms with Crippen LogP contribution in [0.15, 0.2) is 66.7 Å². The zero-order valence-electron chi connectivity index (χ0n) is 17.8. The number of methoxy groups -OCH3 is 1. The SMILES string of the molecule is COc1cc(CNCCc2ccccc2)c(Cl)cc1OCC(=O)Nc1ccc(C)cc1. The maximum absolute atomic E-state index is 12.2. The quantitative estimate of drug-likeness (QED) is 0.437. The molecule has 3 aromatic carbocycles. The van der Waals surface area contributed by atoms with Crippen molar-refractivity contribution >= 4 is 23.2 Å². The topological polar surface area (TPSA) is 59.6 Å². The molecule has 3 aromatic rings. The van der Waals surface area contributed by atoms with Gasteiger partial charge in [0.1, 0.15) is 0 Å². The van der Waals surface area contributed by atoms with Crippen LogP contribution >= 0.6 is 11.6 Å². The summed E-state index contributed by atoms with van der Waals surface area (Å²) in [5.74, 6) is 0.709. The second kappa shape index (κ2) is 11.4. The summed E-state index contributed by atoms with van der Waals surface area (Å²) in [5, 5.41) is 6.76. The van der Waals surface area contributed by atoms with Crippen LogP contribution in [0.4, 0.5) is 5.69 Å². The van der Waals surface area contributed by atoms with Gasteiger partial charge < -0.3 is 20.1 Å². The van der Waals surface area contributed by atoms with Crippen molar-refractivity contribution in [2.75, 3.05) is 25.6 Å². The molecule has 0 aliphatic carbocycles. The molecule has 5 nitrogen and oxygen atoms in total. The summed E-state index contributed by atoms with van der Waals surface area (Å²) >= 11 is 6.44. The van der Waals surface area contributed by atoms with Crippen LogP contribution in [0.3, 0.4) is 0 Å². The number of halogens is 1. The molecule has 0 aromatic heterocycles. The highest BCUT2D eigenvalue weighted by molar-refractivity contribution is 6.31. The number of rotatable bonds is 10. The van der Waals surface area contributed by atoms with Gasteiger partial charge in [0.05, 0.1) is 7.11 Å². The summed E-state index contributed by atoms with van der Waals surface area (Å²) < 4.78 is 11.1. The van der Waals surface area contributed by atoms with Gasteiger partial charge in [-0.1, -0.05) is 59.6 Å². The van der Waals surface area contributed by atoms with E-state index in [4.69, 9.17) is 21.1 Å². The number of carbonyl (C=O) groups is 1. The first kappa shape index (κ1) is 22.7. The van der Waals surface area contributed by atoms with Crippen molar-refractivity contribution in [3.05, 3.63) is 88.4 Å². The summed E-state index contributed by atoms with van der Waals surface area (Å²) in [6.45, 7) is 3.29. The number of ether oxygens (including phenoxy) is 2. The molecule has 0 radical (unpaired) electrons. The number of hydrogen-bond donors (Lipinski definition) is 2. The smallest absolute Gasteiger partial charge is 0.262 e. The Labute approximate surface area is 188 Å². The molecule has 0 spiro atoms. The Balaban J connectivity index is 1.53. The molecule has 162 valence electrons. The van der Waals surface area contributed by atoms with Crippen molar-refractivity contribution in [3.8, 4) is 11.5 Å². The van der Waals surface area contributed by atoms with E-state index in [0.717, 1.165) is 29.8 Å². The molecule has 0 saturated heterocycles. The molecule has 0 aliphatic rings. The van der Waals surface area contributed by atoms with Crippen molar-refractivity contribution in [2.24, 2.45) is 0 Å². The number of aryl methyl sites for hydroxylation is 1. The van der Waals surface area contributed by atoms with E-state index >= 15 is 0 Å². The molecule has 3 rings (SSSR count). The second-order valence-electron chi connectivity index (χ2n) is 7.21. The van der Waals surface area contributed by atoms with Gasteiger partial charge in [0.15, 0.2) is 18.1 Å². The zero-order valence-corrected chi connectivity index (χ0v) is 18.5. The summed E-state index contributed by atoms with van der Waals surface area (Å²) in [7, 11) is 1.56. The molecule has 0 aliphatic heterocycles. The zero-order chi connectivity index (χ0) is 22.1. The Morgan fingerprint density at radius 1 is 1.00 bits per heavy atom. The van der Waals surface area contributed by atoms with E-state index in [-0.39, 0.29) is 12.5 Å². The van der Waals surface area contributed by atoms with Gasteiger partial charge in [-0.05, 0) is 49.2 Å². The molecule has 2 N–H and O–H groups in total. The maximum atomic E-state index is 12.2. The Morgan fingerprint density at radius 2 is 1.74 bits per heavy atom. The summed E-state index contributed by atoms with van der Waals surface area (Å²) in [4.78, 5) is 12.2. The Morgan fingerprint density at radius 3 is 2.45 bits per heavy atom. The molecule has 31 heavy (non-hydrogen) atoms. The normalized spacial score (nSPS) is 10.5. The second-order valence-corrected chi connectivity index (χ2v) is 7.62. The monoisotopic (exact) mass is 438 g/mol. The Bertz CT molecular complexity index is 992. The summed E-state index contributed by atoms with van der Waals surface area (Å²) in [6, 6.07) is 21.4. The van der Waals surface area contributed by atoms with Crippen LogP contribution in [0.1, 0.15) is 16.7 Å². The van der Waals surface area contributed by atoms with E-state index in [9.17, 15) is 4.79 Å². The van der Waals surface area contributed by atoms with Gasteiger partial charge in [-0.3, -0.25) is 4.79 Å². The number of carbonyl (C=O) groups excluding carboxylic acids is 1. The molecule has 0 atom stereocenters. The van der Waals surface area contributed by atoms with Gasteiger partial charge in [0.25, 0.3) is 5.91 Å². The minimum absolute atomic E-state index is 0.144. The maximum Gasteiger partial charge on any atom is 0.262 e. The molecule has 0 unspecified atom stereocenters. The van der Waals surface area contributed by atoms with Gasteiger partial charge in [-0.2, -0.15) is 0 Å². The predicted octanol–water partition coefficient (Wildman–Crippen LogP) is 5.01. The third-order valence-corrected chi connectivity index (χ3v) is 5.13. The van der Waals surface area contributed by atoms with Crippen molar-refractivity contribution in [1.29, 1.82) is 0 Å². The lowest BCUT2D eigenvalue weighted by atomic mass is 10.1. The van der Waals surface area contributed by atoms with Gasteiger partial charge in [-0.15, -0.1) is 0 Å². The van der Waals surface area contributed by atoms with Gasteiger partial charge in [0, 0.05) is 23.3 Å². The lowest BCUT2D eigenvalue weighted by Crippen LogP contribution is -2.20. The lowest BCUT2D eigenvalue weighted by Gasteiger charge is -2.14. The fourth-order valence-corrected chi connectivity index (χ4v) is 3.28. The van der Waals surface area contributed by atoms with Crippen LogP contribution in [0.2, 0.25) is 5.02 Å². The minimum atomic E-state index is -0.256. The molecule has 0 saturated carbocycles. The fourth-order valence-electron chi connectivity index (χ4n) is 3.06. The van der Waals surface area contributed by atoms with Gasteiger partial charge >= 0.3 is 0 Å². The van der Waals surface area contributed by atoms with Crippen LogP contribution < -0.4 is 20.1 Å². The first-order valence-corrected chi connectivity index (χ1v) is 10.5. The third-order valence-electron chi connectivity index (χ3n) is 4.78. The number of benzene rings is 3. The van der Waals surface area contributed by atoms with Crippen LogP contribution in [0.5, 0.6) is 11.5 Å². The van der Waals surface area contributed by atoms with E-state index in [1.165, 1.54) is 5.56 Å². The van der Waals surface area contributed by atoms with E-state index < -0.39 is 0 Å². The van der Waals surface area contributed by atoms with Crippen molar-refractivity contribution in [3.63, 3.8) is 0 Å². The van der Waals surface area contributed by atoms with E-state index in [1.54, 1.807) is 13.2 Å². The van der Waals surface area contributed by atoms with Gasteiger partial charge in [0.2, 0.25) is 0 Å². The molecule has 0 heterocycles. The molecule has 1 amide bonds. The highest BCUT2D eigenvalue weighted by Gasteiger charge is 2.12. The van der Waals surface area contributed by atoms with Gasteiger partial charge in [-0.25, -0.2) is 0 Å². The molecular formula is C25H27ClN2O3. The molecule has 0 fully saturated rings. The fraction of sp³-hybridized carbons (Fsp3) is 0.240. The van der Waals surface area contributed by atoms with Crippen molar-refractivity contribution in [2.45, 2.75) is 19.9 Å². The van der Waals surface area contributed by atoms with E-state index in [0.29, 0.717) is 23.1 Å². The average Bonchev–Trinajstić information content (AvgIpc) is 2.78. The first-order valence-electron chi connectivity index (χ1n) is 10.2. The average molecular weight is 439 g/mol. The first-order chi connectivity index (χ1) is 15.0. The third kappa shape index (κ3) is 7.02. The lowest BCUT2D eigenvalue weighted by molar-refractivity contribution is -0.118. The van der Waals surface area contributed by atoms with Crippen LogP contribution in [0, 0.1) is 6.92 Å². The van der Waals surface area contributed by atoms with Crippen molar-refractivity contribution in [1.82, 2.24) is 5.32 Å². The van der Waals surface area contributed by atoms with Crippen molar-refractivity contribution < 1.29 is 14.3 Å². The van der Waals surface area contributed by atoms with Crippen LogP contribution in [-0.4, -0.2) is 26.2 Å². The van der Waals surface area contributed by atoms with E-state index in [1.807, 2.05) is 55.5 Å². The minimum Gasteiger partial charge on any atom is -0.493 e. The number of anilines is 1. The number of hydrogen-bond acceptors (Lipinski definition) is 4. The molecular weight excluding hydrogens is 412 g/mol. The number of amides is 1. The molecule has 0 bridgehead atoms. The summed E-state index contributed by atoms with van der Waals surface area (Å²) in [6.07, 6.45) is 0.937.